The SMILES string of the molecule is O=C(CC(=O)OCc1ccc2c(=C3SC4=C(SCCS4)S3)c3ccccc3c(=C3SC4=C(SCCS4)S3)c2c1)OCc1ccc2c(=C3SC4=C(SCCS4)S3)c3ccccc3c(=C3SC4=C(SCCS4)S3)c2c1. The highest BCUT2D eigenvalue weighted by atomic mass is 32.3. The smallest absolute Gasteiger partial charge is 0.317 e. The molecular weight excluding hydrogens is 1210 g/mol. The summed E-state index contributed by atoms with van der Waals surface area (Å²) in [5.74, 6) is 7.89. The number of hydrogen-bond donors (Lipinski definition) is 0. The van der Waals surface area contributed by atoms with Gasteiger partial charge in [0.1, 0.15) is 19.6 Å². The van der Waals surface area contributed by atoms with Gasteiger partial charge in [0.15, 0.2) is 0 Å². The summed E-state index contributed by atoms with van der Waals surface area (Å²) in [7, 11) is 0. The number of carbonyl (C=O) groups is 2. The molecule has 8 aliphatic rings. The molecule has 0 aliphatic carbocycles. The zero-order valence-electron chi connectivity index (χ0n) is 38.0. The number of benzene rings is 6. The summed E-state index contributed by atoms with van der Waals surface area (Å²) in [5.41, 5.74) is 1.77. The van der Waals surface area contributed by atoms with E-state index in [2.05, 4.69) is 84.9 Å². The van der Waals surface area contributed by atoms with E-state index in [0.717, 1.165) is 67.9 Å². The maximum absolute atomic E-state index is 13.5. The summed E-state index contributed by atoms with van der Waals surface area (Å²) in [6.07, 6.45) is -0.461. The zero-order valence-corrected chi connectivity index (χ0v) is 51.1. The highest BCUT2D eigenvalue weighted by molar-refractivity contribution is 8.48. The molecule has 0 aromatic heterocycles. The van der Waals surface area contributed by atoms with Crippen LogP contribution in [-0.4, -0.2) is 58.0 Å². The Labute approximate surface area is 489 Å². The lowest BCUT2D eigenvalue weighted by Crippen LogP contribution is -2.18. The van der Waals surface area contributed by atoms with Gasteiger partial charge in [-0.3, -0.25) is 9.59 Å². The Balaban J connectivity index is 0.750. The standard InChI is InChI=1S/C53H36O4S16/c54-36(56-24-26-9-11-32-34(21-26)40(44-70-50-51(71-44)63-18-17-62-50)30-7-3-1-5-28(30)38(32)42-66-46-47(67-42)59-14-13-58-46)23-37(55)57-25-27-10-12-33-35(22-27)41(45-72-52-53(73-45)65-20-19-64-52)31-8-4-2-6-29(31)39(33)43-68-48-49(69-43)61-16-15-60-48/h1-12,21-22H,13-20,23-25H2. The van der Waals surface area contributed by atoms with Crippen molar-refractivity contribution in [1.29, 1.82) is 0 Å². The van der Waals surface area contributed by atoms with Crippen LogP contribution in [0.4, 0.5) is 0 Å². The lowest BCUT2D eigenvalue weighted by atomic mass is 9.97. The van der Waals surface area contributed by atoms with Gasteiger partial charge in [0.05, 0.1) is 50.8 Å². The lowest BCUT2D eigenvalue weighted by molar-refractivity contribution is -0.156. The summed E-state index contributed by atoms with van der Waals surface area (Å²) in [6, 6.07) is 30.8. The molecular formula is C53H36O4S16. The normalized spacial score (nSPS) is 20.1. The van der Waals surface area contributed by atoms with Crippen LogP contribution in [0, 0.1) is 0 Å². The van der Waals surface area contributed by atoms with E-state index >= 15 is 0 Å². The third kappa shape index (κ3) is 9.99. The molecule has 20 heteroatoms. The fourth-order valence-corrected chi connectivity index (χ4v) is 33.7. The highest BCUT2D eigenvalue weighted by Gasteiger charge is 2.32. The van der Waals surface area contributed by atoms with Gasteiger partial charge in [-0.25, -0.2) is 0 Å². The molecule has 0 atom stereocenters. The minimum atomic E-state index is -0.597. The van der Waals surface area contributed by atoms with Crippen LogP contribution < -0.4 is 20.9 Å². The molecule has 0 spiro atoms. The van der Waals surface area contributed by atoms with E-state index in [0.29, 0.717) is 0 Å². The van der Waals surface area contributed by atoms with Crippen molar-refractivity contribution < 1.29 is 19.1 Å². The summed E-state index contributed by atoms with van der Waals surface area (Å²) < 4.78 is 28.4. The molecule has 73 heavy (non-hydrogen) atoms. The van der Waals surface area contributed by atoms with Crippen LogP contribution in [0.3, 0.4) is 0 Å². The van der Waals surface area contributed by atoms with Crippen molar-refractivity contribution in [2.45, 2.75) is 19.6 Å². The van der Waals surface area contributed by atoms with Gasteiger partial charge in [-0.05, 0) is 66.3 Å². The summed E-state index contributed by atoms with van der Waals surface area (Å²) >= 11 is 31.1. The second-order valence-electron chi connectivity index (χ2n) is 16.9. The predicted octanol–water partition coefficient (Wildman–Crippen LogP) is 16.1. The number of ether oxygens (including phenoxy) is 2. The topological polar surface area (TPSA) is 52.6 Å². The van der Waals surface area contributed by atoms with Gasteiger partial charge in [0.25, 0.3) is 0 Å². The molecule has 0 N–H and O–H groups in total. The maximum atomic E-state index is 13.5. The molecule has 0 bridgehead atoms. The molecule has 14 rings (SSSR count). The first-order valence-electron chi connectivity index (χ1n) is 23.1. The van der Waals surface area contributed by atoms with E-state index < -0.39 is 18.4 Å². The molecule has 368 valence electrons. The third-order valence-corrected chi connectivity index (χ3v) is 35.6. The first-order valence-corrected chi connectivity index (χ1v) is 37.6. The van der Waals surface area contributed by atoms with Crippen LogP contribution in [0.5, 0.6) is 0 Å². The van der Waals surface area contributed by atoms with E-state index in [-0.39, 0.29) is 13.2 Å². The third-order valence-electron chi connectivity index (χ3n) is 12.4. The Morgan fingerprint density at radius 2 is 0.562 bits per heavy atom. The molecule has 0 unspecified atom stereocenters. The highest BCUT2D eigenvalue weighted by Crippen LogP contribution is 2.63. The molecule has 6 aromatic carbocycles. The Morgan fingerprint density at radius 1 is 0.315 bits per heavy atom. The molecule has 8 heterocycles. The summed E-state index contributed by atoms with van der Waals surface area (Å²) in [4.78, 5) is 27.0. The summed E-state index contributed by atoms with van der Waals surface area (Å²) in [5, 5.41) is 14.8. The fourth-order valence-electron chi connectivity index (χ4n) is 9.34. The number of carbonyl (C=O) groups excluding carboxylic acids is 2. The number of rotatable bonds is 6. The van der Waals surface area contributed by atoms with E-state index in [4.69, 9.17) is 9.47 Å². The number of thioether (sulfide) groups is 16. The van der Waals surface area contributed by atoms with Crippen LogP contribution in [0.15, 0.2) is 119 Å². The molecule has 6 aromatic rings. The van der Waals surface area contributed by atoms with Crippen molar-refractivity contribution in [1.82, 2.24) is 0 Å². The quantitative estimate of drug-likeness (QED) is 0.0903. The van der Waals surface area contributed by atoms with Crippen molar-refractivity contribution >= 4 is 260 Å². The summed E-state index contributed by atoms with van der Waals surface area (Å²) in [6.45, 7) is 0.116. The van der Waals surface area contributed by atoms with E-state index in [1.807, 2.05) is 188 Å². The minimum Gasteiger partial charge on any atom is -0.460 e. The molecule has 0 saturated carbocycles. The largest absolute Gasteiger partial charge is 0.460 e. The first kappa shape index (κ1) is 50.6. The number of esters is 2. The lowest BCUT2D eigenvalue weighted by Gasteiger charge is -2.13. The van der Waals surface area contributed by atoms with Crippen molar-refractivity contribution in [2.24, 2.45) is 0 Å². The average molecular weight is 1250 g/mol. The zero-order chi connectivity index (χ0) is 48.6. The number of fused-ring (bicyclic) bond motifs is 4. The van der Waals surface area contributed by atoms with Gasteiger partial charge >= 0.3 is 11.9 Å². The number of hydrogen-bond acceptors (Lipinski definition) is 20. The Bertz CT molecular complexity index is 3530. The molecule has 4 nitrogen and oxygen atoms in total. The Kier molecular flexibility index (Phi) is 15.3. The van der Waals surface area contributed by atoms with Gasteiger partial charge in [0.2, 0.25) is 0 Å². The van der Waals surface area contributed by atoms with E-state index in [9.17, 15) is 9.59 Å². The van der Waals surface area contributed by atoms with E-state index in [1.165, 1.54) is 104 Å². The van der Waals surface area contributed by atoms with Gasteiger partial charge < -0.3 is 9.47 Å². The maximum Gasteiger partial charge on any atom is 0.317 e. The van der Waals surface area contributed by atoms with Crippen molar-refractivity contribution in [3.05, 3.63) is 151 Å². The van der Waals surface area contributed by atoms with Crippen LogP contribution in [0.1, 0.15) is 17.5 Å². The second-order valence-corrected chi connectivity index (χ2v) is 37.0. The van der Waals surface area contributed by atoms with Crippen LogP contribution in [0.25, 0.3) is 60.0 Å². The van der Waals surface area contributed by atoms with Crippen molar-refractivity contribution in [2.75, 3.05) is 46.0 Å². The molecule has 8 aliphatic heterocycles. The van der Waals surface area contributed by atoms with E-state index in [1.54, 1.807) is 0 Å². The molecule has 0 radical (unpaired) electrons. The first-order chi connectivity index (χ1) is 36.0. The fraction of sp³-hybridized carbons (Fsp3) is 0.208. The van der Waals surface area contributed by atoms with Crippen LogP contribution in [0.2, 0.25) is 0 Å². The predicted molar refractivity (Wildman–Crippen MR) is 348 cm³/mol. The van der Waals surface area contributed by atoms with Crippen LogP contribution in [-0.2, 0) is 32.3 Å². The molecule has 0 saturated heterocycles. The van der Waals surface area contributed by atoms with Gasteiger partial charge in [-0.15, -0.1) is 94.1 Å². The van der Waals surface area contributed by atoms with Gasteiger partial charge in [0, 0.05) is 66.9 Å². The monoisotopic (exact) mass is 1250 g/mol. The van der Waals surface area contributed by atoms with Gasteiger partial charge in [-0.1, -0.05) is 167 Å². The average Bonchev–Trinajstić information content (AvgIpc) is 4.25. The second kappa shape index (κ2) is 22.1. The van der Waals surface area contributed by atoms with Crippen molar-refractivity contribution in [3.8, 4) is 0 Å². The minimum absolute atomic E-state index is 0.0578. The molecule has 0 fully saturated rings. The van der Waals surface area contributed by atoms with Crippen LogP contribution >= 0.6 is 188 Å². The molecule has 0 amide bonds. The van der Waals surface area contributed by atoms with Gasteiger partial charge in [-0.2, -0.15) is 0 Å². The van der Waals surface area contributed by atoms with Crippen molar-refractivity contribution in [3.63, 3.8) is 0 Å². The Morgan fingerprint density at radius 3 is 0.836 bits per heavy atom. The Hall–Kier alpha value is -0.660.